The molecular weight excluding hydrogens is 298 g/mol. The minimum absolute atomic E-state index is 0.0990. The summed E-state index contributed by atoms with van der Waals surface area (Å²) in [5, 5.41) is 14.3. The topological polar surface area (TPSA) is 111 Å². The lowest BCUT2D eigenvalue weighted by atomic mass is 10.1. The van der Waals surface area contributed by atoms with Crippen LogP contribution in [0.2, 0.25) is 0 Å². The second-order valence-electron chi connectivity index (χ2n) is 4.66. The number of hydrogen-bond acceptors (Lipinski definition) is 6. The second-order valence-corrected chi connectivity index (χ2v) is 6.55. The largest absolute Gasteiger partial charge is 0.483 e. The Balaban J connectivity index is 2.31. The lowest BCUT2D eigenvalue weighted by Crippen LogP contribution is -2.34. The fourth-order valence-corrected chi connectivity index (χ4v) is 2.87. The molecule has 21 heavy (non-hydrogen) atoms. The molecule has 0 aliphatic carbocycles. The molecule has 1 aliphatic rings. The Labute approximate surface area is 122 Å². The first kappa shape index (κ1) is 15.7. The third-order valence-electron chi connectivity index (χ3n) is 3.29. The highest BCUT2D eigenvalue weighted by Crippen LogP contribution is 2.31. The normalized spacial score (nSPS) is 16.6. The van der Waals surface area contributed by atoms with Gasteiger partial charge in [-0.3, -0.25) is 10.1 Å². The van der Waals surface area contributed by atoms with Crippen molar-refractivity contribution in [2.45, 2.75) is 23.8 Å². The predicted molar refractivity (Wildman–Crippen MR) is 75.9 cm³/mol. The van der Waals surface area contributed by atoms with Crippen molar-refractivity contribution in [1.29, 1.82) is 0 Å². The summed E-state index contributed by atoms with van der Waals surface area (Å²) in [6.45, 7) is 1.59. The Morgan fingerprint density at radius 3 is 2.62 bits per heavy atom. The van der Waals surface area contributed by atoms with Crippen LogP contribution in [-0.2, 0) is 10.0 Å². The van der Waals surface area contributed by atoms with Crippen molar-refractivity contribution in [3.63, 3.8) is 0 Å². The molecule has 8 nitrogen and oxygen atoms in total. The van der Waals surface area contributed by atoms with E-state index in [0.29, 0.717) is 0 Å². The molecule has 2 N–H and O–H groups in total. The van der Waals surface area contributed by atoms with E-state index >= 15 is 0 Å². The summed E-state index contributed by atoms with van der Waals surface area (Å²) in [6.07, 6.45) is 1.42. The van der Waals surface area contributed by atoms with Gasteiger partial charge in [-0.05, 0) is 45.1 Å². The molecule has 0 spiro atoms. The minimum atomic E-state index is -3.72. The van der Waals surface area contributed by atoms with Crippen LogP contribution in [-0.4, -0.2) is 39.6 Å². The number of hydrogen-bond donors (Lipinski definition) is 2. The first-order valence-electron chi connectivity index (χ1n) is 6.53. The fraction of sp³-hybridized carbons (Fsp3) is 0.500. The van der Waals surface area contributed by atoms with Crippen molar-refractivity contribution in [3.8, 4) is 5.75 Å². The first-order chi connectivity index (χ1) is 9.94. The van der Waals surface area contributed by atoms with Gasteiger partial charge in [0.1, 0.15) is 6.10 Å². The third kappa shape index (κ3) is 3.69. The van der Waals surface area contributed by atoms with Crippen LogP contribution in [0, 0.1) is 10.1 Å². The Morgan fingerprint density at radius 2 is 2.05 bits per heavy atom. The summed E-state index contributed by atoms with van der Waals surface area (Å²) in [5.41, 5.74) is -0.343. The monoisotopic (exact) mass is 315 g/mol. The van der Waals surface area contributed by atoms with Crippen molar-refractivity contribution in [2.24, 2.45) is 0 Å². The number of nitro groups is 1. The molecule has 0 radical (unpaired) electrons. The molecule has 1 saturated heterocycles. The summed E-state index contributed by atoms with van der Waals surface area (Å²) >= 11 is 0. The first-order valence-corrected chi connectivity index (χ1v) is 8.01. The lowest BCUT2D eigenvalue weighted by Gasteiger charge is -2.23. The highest BCUT2D eigenvalue weighted by Gasteiger charge is 2.24. The highest BCUT2D eigenvalue weighted by atomic mass is 32.2. The van der Waals surface area contributed by atoms with Gasteiger partial charge in [-0.2, -0.15) is 0 Å². The van der Waals surface area contributed by atoms with Gasteiger partial charge in [-0.25, -0.2) is 13.1 Å². The van der Waals surface area contributed by atoms with Crippen LogP contribution in [0.3, 0.4) is 0 Å². The Kier molecular flexibility index (Phi) is 4.76. The standard InChI is InChI=1S/C12H17N3O5S/c1-13-21(18,19)10-2-3-12(11(8-10)15(16)17)20-9-4-6-14-7-5-9/h2-3,8-9,13-14H,4-7H2,1H3. The van der Waals surface area contributed by atoms with Gasteiger partial charge in [0.2, 0.25) is 10.0 Å². The van der Waals surface area contributed by atoms with Gasteiger partial charge < -0.3 is 10.1 Å². The van der Waals surface area contributed by atoms with Crippen LogP contribution in [0.25, 0.3) is 0 Å². The number of benzene rings is 1. The van der Waals surface area contributed by atoms with Gasteiger partial charge in [0, 0.05) is 6.07 Å². The summed E-state index contributed by atoms with van der Waals surface area (Å²) in [5.74, 6) is 0.0990. The lowest BCUT2D eigenvalue weighted by molar-refractivity contribution is -0.386. The van der Waals surface area contributed by atoms with Crippen molar-refractivity contribution < 1.29 is 18.1 Å². The SMILES string of the molecule is CNS(=O)(=O)c1ccc(OC2CCNCC2)c([N+](=O)[O-])c1. The van der Waals surface area contributed by atoms with Crippen LogP contribution in [0.5, 0.6) is 5.75 Å². The molecule has 1 aliphatic heterocycles. The molecule has 1 heterocycles. The molecule has 1 aromatic carbocycles. The van der Waals surface area contributed by atoms with E-state index < -0.39 is 14.9 Å². The molecule has 1 aromatic rings. The average molecular weight is 315 g/mol. The van der Waals surface area contributed by atoms with Crippen LogP contribution < -0.4 is 14.8 Å². The predicted octanol–water partition coefficient (Wildman–Crippen LogP) is 0.634. The van der Waals surface area contributed by atoms with E-state index in [1.165, 1.54) is 19.2 Å². The Hall–Kier alpha value is -1.71. The summed E-state index contributed by atoms with van der Waals surface area (Å²) in [6, 6.07) is 3.65. The van der Waals surface area contributed by atoms with E-state index in [2.05, 4.69) is 10.0 Å². The zero-order valence-corrected chi connectivity index (χ0v) is 12.4. The van der Waals surface area contributed by atoms with E-state index in [9.17, 15) is 18.5 Å². The number of sulfonamides is 1. The number of piperidine rings is 1. The molecule has 0 saturated carbocycles. The van der Waals surface area contributed by atoms with Crippen LogP contribution in [0.1, 0.15) is 12.8 Å². The van der Waals surface area contributed by atoms with E-state index in [4.69, 9.17) is 4.74 Å². The zero-order chi connectivity index (χ0) is 15.5. The minimum Gasteiger partial charge on any atom is -0.483 e. The van der Waals surface area contributed by atoms with Gasteiger partial charge in [-0.15, -0.1) is 0 Å². The van der Waals surface area contributed by atoms with E-state index in [-0.39, 0.29) is 22.4 Å². The second kappa shape index (κ2) is 6.37. The van der Waals surface area contributed by atoms with Gasteiger partial charge in [0.05, 0.1) is 9.82 Å². The smallest absolute Gasteiger partial charge is 0.312 e. The maximum absolute atomic E-state index is 11.7. The van der Waals surface area contributed by atoms with E-state index in [1.54, 1.807) is 0 Å². The molecule has 0 bridgehead atoms. The molecule has 0 atom stereocenters. The molecule has 1 fully saturated rings. The molecular formula is C12H17N3O5S. The van der Waals surface area contributed by atoms with Gasteiger partial charge in [0.15, 0.2) is 5.75 Å². The van der Waals surface area contributed by atoms with Gasteiger partial charge in [0.25, 0.3) is 0 Å². The van der Waals surface area contributed by atoms with Crippen molar-refractivity contribution in [1.82, 2.24) is 10.0 Å². The summed E-state index contributed by atoms with van der Waals surface area (Å²) < 4.78 is 31.2. The molecule has 2 rings (SSSR count). The zero-order valence-electron chi connectivity index (χ0n) is 11.5. The maximum atomic E-state index is 11.7. The van der Waals surface area contributed by atoms with Crippen molar-refractivity contribution in [3.05, 3.63) is 28.3 Å². The van der Waals surface area contributed by atoms with E-state index in [0.717, 1.165) is 32.0 Å². The van der Waals surface area contributed by atoms with Crippen LogP contribution >= 0.6 is 0 Å². The number of ether oxygens (including phenoxy) is 1. The maximum Gasteiger partial charge on any atom is 0.312 e. The number of nitro benzene ring substituents is 1. The highest BCUT2D eigenvalue weighted by molar-refractivity contribution is 7.89. The summed E-state index contributed by atoms with van der Waals surface area (Å²) in [7, 11) is -2.47. The molecule has 116 valence electrons. The number of nitrogens with zero attached hydrogens (tertiary/aromatic N) is 1. The van der Waals surface area contributed by atoms with Crippen LogP contribution in [0.15, 0.2) is 23.1 Å². The number of nitrogens with one attached hydrogen (secondary N) is 2. The van der Waals surface area contributed by atoms with Gasteiger partial charge in [-0.1, -0.05) is 0 Å². The molecule has 9 heteroatoms. The quantitative estimate of drug-likeness (QED) is 0.609. The average Bonchev–Trinajstić information content (AvgIpc) is 2.48. The van der Waals surface area contributed by atoms with Crippen molar-refractivity contribution in [2.75, 3.05) is 20.1 Å². The van der Waals surface area contributed by atoms with Crippen LogP contribution in [0.4, 0.5) is 5.69 Å². The Morgan fingerprint density at radius 1 is 1.38 bits per heavy atom. The van der Waals surface area contributed by atoms with Crippen molar-refractivity contribution >= 4 is 15.7 Å². The summed E-state index contributed by atoms with van der Waals surface area (Å²) in [4.78, 5) is 10.3. The molecule has 0 unspecified atom stereocenters. The fourth-order valence-electron chi connectivity index (χ4n) is 2.12. The molecule has 0 amide bonds. The number of rotatable bonds is 5. The van der Waals surface area contributed by atoms with Gasteiger partial charge >= 0.3 is 5.69 Å². The Bertz CT molecular complexity index is 626. The third-order valence-corrected chi connectivity index (χ3v) is 4.70. The van der Waals surface area contributed by atoms with E-state index in [1.807, 2.05) is 0 Å². The molecule has 0 aromatic heterocycles.